The molecule has 0 unspecified atom stereocenters. The number of amides is 1. The van der Waals surface area contributed by atoms with Gasteiger partial charge in [-0.05, 0) is 62.2 Å². The molecule has 2 aromatic carbocycles. The first-order chi connectivity index (χ1) is 16.4. The number of rotatable bonds is 8. The summed E-state index contributed by atoms with van der Waals surface area (Å²) in [5.41, 5.74) is 1.03. The minimum Gasteiger partial charge on any atom is -0.491 e. The van der Waals surface area contributed by atoms with E-state index in [1.54, 1.807) is 29.6 Å². The van der Waals surface area contributed by atoms with Crippen LogP contribution < -0.4 is 10.1 Å². The van der Waals surface area contributed by atoms with Crippen molar-refractivity contribution in [3.05, 3.63) is 65.0 Å². The van der Waals surface area contributed by atoms with Crippen LogP contribution in [-0.2, 0) is 14.3 Å². The number of ether oxygens (including phenoxy) is 3. The van der Waals surface area contributed by atoms with Crippen molar-refractivity contribution in [1.29, 1.82) is 0 Å². The Hall–Kier alpha value is -3.37. The van der Waals surface area contributed by atoms with E-state index in [2.05, 4.69) is 10.3 Å². The van der Waals surface area contributed by atoms with Crippen molar-refractivity contribution in [2.24, 2.45) is 0 Å². The van der Waals surface area contributed by atoms with Crippen molar-refractivity contribution in [3.8, 4) is 17.0 Å². The highest BCUT2D eigenvalue weighted by Gasteiger charge is 2.21. The smallest absolute Gasteiger partial charge is 0.338 e. The zero-order valence-electron chi connectivity index (χ0n) is 18.3. The molecule has 4 rings (SSSR count). The molecule has 1 aliphatic rings. The highest BCUT2D eigenvalue weighted by molar-refractivity contribution is 7.14. The van der Waals surface area contributed by atoms with Crippen LogP contribution in [0.1, 0.15) is 30.1 Å². The Morgan fingerprint density at radius 2 is 2.00 bits per heavy atom. The van der Waals surface area contributed by atoms with Gasteiger partial charge in [0.25, 0.3) is 5.91 Å². The van der Waals surface area contributed by atoms with Crippen LogP contribution >= 0.6 is 11.3 Å². The second-order valence-corrected chi connectivity index (χ2v) is 8.53. The van der Waals surface area contributed by atoms with Gasteiger partial charge in [0.05, 0.1) is 17.4 Å². The number of nitrogens with one attached hydrogen (secondary N) is 1. The summed E-state index contributed by atoms with van der Waals surface area (Å²) in [6, 6.07) is 9.87. The number of hydrogen-bond acceptors (Lipinski definition) is 7. The van der Waals surface area contributed by atoms with Crippen LogP contribution in [0.25, 0.3) is 11.3 Å². The molecule has 1 saturated heterocycles. The second-order valence-electron chi connectivity index (χ2n) is 7.67. The Bertz CT molecular complexity index is 1160. The first kappa shape index (κ1) is 23.8. The number of halogens is 2. The lowest BCUT2D eigenvalue weighted by Crippen LogP contribution is -2.30. The fourth-order valence-corrected chi connectivity index (χ4v) is 3.98. The normalized spacial score (nSPS) is 16.1. The van der Waals surface area contributed by atoms with E-state index in [-0.39, 0.29) is 16.8 Å². The molecule has 7 nitrogen and oxygen atoms in total. The summed E-state index contributed by atoms with van der Waals surface area (Å²) in [6.07, 6.45) is 1.01. The zero-order valence-corrected chi connectivity index (χ0v) is 19.1. The minimum absolute atomic E-state index is 0.0924. The summed E-state index contributed by atoms with van der Waals surface area (Å²) < 4.78 is 43.0. The molecule has 1 aliphatic heterocycles. The van der Waals surface area contributed by atoms with Gasteiger partial charge in [-0.2, -0.15) is 0 Å². The molecule has 178 valence electrons. The summed E-state index contributed by atoms with van der Waals surface area (Å²) in [7, 11) is 0. The Balaban J connectivity index is 1.28. The van der Waals surface area contributed by atoms with E-state index in [1.807, 2.05) is 0 Å². The second kappa shape index (κ2) is 10.7. The van der Waals surface area contributed by atoms with E-state index in [0.717, 1.165) is 42.9 Å². The minimum atomic E-state index is -1.08. The summed E-state index contributed by atoms with van der Waals surface area (Å²) in [5, 5.41) is 4.39. The monoisotopic (exact) mass is 488 g/mol. The van der Waals surface area contributed by atoms with Gasteiger partial charge in [-0.3, -0.25) is 10.1 Å². The fraction of sp³-hybridized carbons (Fsp3) is 0.292. The maximum atomic E-state index is 13.4. The van der Waals surface area contributed by atoms with Gasteiger partial charge in [-0.15, -0.1) is 11.3 Å². The molecular formula is C24H22F2N2O5S. The summed E-state index contributed by atoms with van der Waals surface area (Å²) in [5.74, 6) is -2.56. The molecule has 0 bridgehead atoms. The molecule has 0 spiro atoms. The Labute approximate surface area is 198 Å². The molecular weight excluding hydrogens is 466 g/mol. The van der Waals surface area contributed by atoms with Crippen LogP contribution in [0.2, 0.25) is 0 Å². The third-order valence-electron chi connectivity index (χ3n) is 5.15. The van der Waals surface area contributed by atoms with Gasteiger partial charge in [-0.25, -0.2) is 18.6 Å². The molecule has 2 atom stereocenters. The van der Waals surface area contributed by atoms with Crippen LogP contribution in [-0.4, -0.2) is 42.3 Å². The third kappa shape index (κ3) is 5.95. The summed E-state index contributed by atoms with van der Waals surface area (Å²) in [4.78, 5) is 29.0. The van der Waals surface area contributed by atoms with E-state index in [9.17, 15) is 18.4 Å². The van der Waals surface area contributed by atoms with Gasteiger partial charge in [0.2, 0.25) is 0 Å². The highest BCUT2D eigenvalue weighted by Crippen LogP contribution is 2.26. The average Bonchev–Trinajstić information content (AvgIpc) is 3.52. The van der Waals surface area contributed by atoms with Crippen LogP contribution in [0, 0.1) is 11.6 Å². The van der Waals surface area contributed by atoms with Crippen LogP contribution in [0.3, 0.4) is 0 Å². The van der Waals surface area contributed by atoms with Crippen molar-refractivity contribution in [2.45, 2.75) is 32.0 Å². The van der Waals surface area contributed by atoms with Gasteiger partial charge in [0.1, 0.15) is 12.4 Å². The van der Waals surface area contributed by atoms with Gasteiger partial charge in [-0.1, -0.05) is 0 Å². The topological polar surface area (TPSA) is 86.8 Å². The molecule has 10 heteroatoms. The quantitative estimate of drug-likeness (QED) is 0.457. The van der Waals surface area contributed by atoms with E-state index < -0.39 is 29.6 Å². The van der Waals surface area contributed by atoms with E-state index in [0.29, 0.717) is 23.6 Å². The van der Waals surface area contributed by atoms with E-state index in [1.165, 1.54) is 13.0 Å². The number of carbonyl (C=O) groups excluding carboxylic acids is 2. The Kier molecular flexibility index (Phi) is 7.49. The maximum absolute atomic E-state index is 13.4. The molecule has 1 N–H and O–H groups in total. The van der Waals surface area contributed by atoms with Crippen LogP contribution in [0.15, 0.2) is 47.8 Å². The van der Waals surface area contributed by atoms with E-state index in [4.69, 9.17) is 14.2 Å². The van der Waals surface area contributed by atoms with Gasteiger partial charge in [0, 0.05) is 17.6 Å². The number of thiazole rings is 1. The van der Waals surface area contributed by atoms with Crippen molar-refractivity contribution in [1.82, 2.24) is 4.98 Å². The highest BCUT2D eigenvalue weighted by atomic mass is 32.1. The standard InChI is InChI=1S/C24H22F2N2O5S/c1-14(22(29)28-24-27-21(13-34-24)16-6-9-19(25)20(26)11-16)33-23(30)15-4-7-17(8-5-15)32-12-18-3-2-10-31-18/h4-9,11,13-14,18H,2-3,10,12H2,1H3,(H,27,28,29)/t14-,18-/m0/s1. The average molecular weight is 489 g/mol. The van der Waals surface area contributed by atoms with E-state index >= 15 is 0 Å². The largest absolute Gasteiger partial charge is 0.491 e. The number of esters is 1. The Morgan fingerprint density at radius 1 is 1.21 bits per heavy atom. The van der Waals surface area contributed by atoms with Gasteiger partial charge >= 0.3 is 5.97 Å². The van der Waals surface area contributed by atoms with Crippen molar-refractivity contribution in [2.75, 3.05) is 18.5 Å². The van der Waals surface area contributed by atoms with Gasteiger partial charge in [0.15, 0.2) is 22.9 Å². The lowest BCUT2D eigenvalue weighted by Gasteiger charge is -2.13. The van der Waals surface area contributed by atoms with Crippen molar-refractivity contribution >= 4 is 28.3 Å². The predicted molar refractivity (Wildman–Crippen MR) is 122 cm³/mol. The van der Waals surface area contributed by atoms with Crippen molar-refractivity contribution in [3.63, 3.8) is 0 Å². The SMILES string of the molecule is C[C@H](OC(=O)c1ccc(OC[C@@H]2CCCO2)cc1)C(=O)Nc1nc(-c2ccc(F)c(F)c2)cs1. The summed E-state index contributed by atoms with van der Waals surface area (Å²) in [6.45, 7) is 2.65. The number of aromatic nitrogens is 1. The number of nitrogens with zero attached hydrogens (tertiary/aromatic N) is 1. The molecule has 1 fully saturated rings. The number of benzene rings is 2. The van der Waals surface area contributed by atoms with Gasteiger partial charge < -0.3 is 14.2 Å². The number of carbonyl (C=O) groups is 2. The molecule has 0 radical (unpaired) electrons. The molecule has 1 aromatic heterocycles. The third-order valence-corrected chi connectivity index (χ3v) is 5.91. The van der Waals surface area contributed by atoms with Crippen LogP contribution in [0.4, 0.5) is 13.9 Å². The zero-order chi connectivity index (χ0) is 24.1. The molecule has 34 heavy (non-hydrogen) atoms. The lowest BCUT2D eigenvalue weighted by atomic mass is 10.2. The molecule has 0 aliphatic carbocycles. The molecule has 0 saturated carbocycles. The fourth-order valence-electron chi connectivity index (χ4n) is 3.26. The molecule has 3 aromatic rings. The number of hydrogen-bond donors (Lipinski definition) is 1. The molecule has 2 heterocycles. The Morgan fingerprint density at radius 3 is 2.71 bits per heavy atom. The summed E-state index contributed by atoms with van der Waals surface area (Å²) >= 11 is 1.11. The first-order valence-corrected chi connectivity index (χ1v) is 11.5. The predicted octanol–water partition coefficient (Wildman–Crippen LogP) is 4.83. The maximum Gasteiger partial charge on any atom is 0.338 e. The van der Waals surface area contributed by atoms with Crippen LogP contribution in [0.5, 0.6) is 5.75 Å². The number of anilines is 1. The first-order valence-electron chi connectivity index (χ1n) is 10.7. The lowest BCUT2D eigenvalue weighted by molar-refractivity contribution is -0.123. The van der Waals surface area contributed by atoms with Crippen molar-refractivity contribution < 1.29 is 32.6 Å². The molecule has 1 amide bonds.